The van der Waals surface area contributed by atoms with Crippen molar-refractivity contribution in [3.8, 4) is 22.4 Å². The number of carboxylic acids is 1. The Balaban J connectivity index is 1.69. The third kappa shape index (κ3) is 6.14. The van der Waals surface area contributed by atoms with Gasteiger partial charge >= 0.3 is 11.7 Å². The van der Waals surface area contributed by atoms with Crippen molar-refractivity contribution in [1.29, 1.82) is 0 Å². The van der Waals surface area contributed by atoms with Crippen molar-refractivity contribution in [3.63, 3.8) is 0 Å². The fourth-order valence-electron chi connectivity index (χ4n) is 3.56. The van der Waals surface area contributed by atoms with Crippen LogP contribution in [0.25, 0.3) is 22.4 Å². The van der Waals surface area contributed by atoms with E-state index in [9.17, 15) is 9.59 Å². The van der Waals surface area contributed by atoms with Crippen LogP contribution in [-0.2, 0) is 11.3 Å². The van der Waals surface area contributed by atoms with Crippen molar-refractivity contribution in [2.45, 2.75) is 51.5 Å². The molecule has 3 aromatic rings. The summed E-state index contributed by atoms with van der Waals surface area (Å²) in [5.41, 5.74) is 3.41. The highest BCUT2D eigenvalue weighted by molar-refractivity contribution is 5.79. The molecule has 1 aromatic heterocycles. The predicted octanol–water partition coefficient (Wildman–Crippen LogP) is 5.39. The van der Waals surface area contributed by atoms with Gasteiger partial charge < -0.3 is 5.11 Å². The van der Waals surface area contributed by atoms with Crippen LogP contribution >= 0.6 is 0 Å². The van der Waals surface area contributed by atoms with Gasteiger partial charge in [0.1, 0.15) is 0 Å². The monoisotopic (exact) mass is 404 g/mol. The topological polar surface area (TPSA) is 72.2 Å². The Morgan fingerprint density at radius 1 is 0.800 bits per heavy atom. The average Bonchev–Trinajstić information content (AvgIpc) is 2.77. The molecule has 1 N–H and O–H groups in total. The molecule has 5 nitrogen and oxygen atoms in total. The van der Waals surface area contributed by atoms with Gasteiger partial charge in [0.2, 0.25) is 0 Å². The molecule has 5 heteroatoms. The quantitative estimate of drug-likeness (QED) is 0.435. The summed E-state index contributed by atoms with van der Waals surface area (Å²) >= 11 is 0. The second-order valence-electron chi connectivity index (χ2n) is 7.48. The van der Waals surface area contributed by atoms with Crippen molar-refractivity contribution in [1.82, 2.24) is 9.55 Å². The molecule has 0 saturated carbocycles. The summed E-state index contributed by atoms with van der Waals surface area (Å²) in [6.45, 7) is 0.635. The van der Waals surface area contributed by atoms with E-state index in [1.807, 2.05) is 66.9 Å². The SMILES string of the molecule is O=C(O)CCCCCCCCn1cc(-c2ccccc2)c(-c2ccccc2)nc1=O. The van der Waals surface area contributed by atoms with Crippen LogP contribution in [0.1, 0.15) is 44.9 Å². The fourth-order valence-corrected chi connectivity index (χ4v) is 3.56. The van der Waals surface area contributed by atoms with E-state index >= 15 is 0 Å². The van der Waals surface area contributed by atoms with E-state index in [0.29, 0.717) is 12.2 Å². The number of aromatic nitrogens is 2. The Labute approximate surface area is 177 Å². The molecule has 0 radical (unpaired) electrons. The predicted molar refractivity (Wildman–Crippen MR) is 119 cm³/mol. The number of hydrogen-bond acceptors (Lipinski definition) is 3. The first-order valence-corrected chi connectivity index (χ1v) is 10.6. The van der Waals surface area contributed by atoms with Crippen LogP contribution in [0.2, 0.25) is 0 Å². The summed E-state index contributed by atoms with van der Waals surface area (Å²) in [5, 5.41) is 8.66. The van der Waals surface area contributed by atoms with E-state index in [-0.39, 0.29) is 12.1 Å². The number of carbonyl (C=O) groups is 1. The summed E-state index contributed by atoms with van der Waals surface area (Å²) in [6.07, 6.45) is 7.85. The molecule has 0 spiro atoms. The Morgan fingerprint density at radius 3 is 2.00 bits per heavy atom. The fraction of sp³-hybridized carbons (Fsp3) is 0.320. The van der Waals surface area contributed by atoms with Crippen LogP contribution in [0.15, 0.2) is 71.7 Å². The smallest absolute Gasteiger partial charge is 0.348 e. The standard InChI is InChI=1S/C25H28N2O3/c28-23(29)17-11-3-1-2-4-12-18-27-19-22(20-13-7-5-8-14-20)24(26-25(27)30)21-15-9-6-10-16-21/h5-10,13-16,19H,1-4,11-12,17-18H2,(H,28,29). The molecule has 2 aromatic carbocycles. The van der Waals surface area contributed by atoms with Crippen LogP contribution in [0.3, 0.4) is 0 Å². The van der Waals surface area contributed by atoms with Crippen LogP contribution in [-0.4, -0.2) is 20.6 Å². The number of unbranched alkanes of at least 4 members (excludes halogenated alkanes) is 5. The van der Waals surface area contributed by atoms with E-state index in [0.717, 1.165) is 55.2 Å². The molecule has 3 rings (SSSR count). The highest BCUT2D eigenvalue weighted by Gasteiger charge is 2.12. The van der Waals surface area contributed by atoms with Crippen molar-refractivity contribution < 1.29 is 9.90 Å². The van der Waals surface area contributed by atoms with Crippen LogP contribution < -0.4 is 5.69 Å². The lowest BCUT2D eigenvalue weighted by Gasteiger charge is -2.13. The third-order valence-electron chi connectivity index (χ3n) is 5.16. The Morgan fingerprint density at radius 2 is 1.37 bits per heavy atom. The minimum Gasteiger partial charge on any atom is -0.481 e. The highest BCUT2D eigenvalue weighted by Crippen LogP contribution is 2.29. The average molecular weight is 405 g/mol. The Hall–Kier alpha value is -3.21. The molecule has 1 heterocycles. The molecule has 0 fully saturated rings. The number of nitrogens with zero attached hydrogens (tertiary/aromatic N) is 2. The van der Waals surface area contributed by atoms with Crippen molar-refractivity contribution in [2.24, 2.45) is 0 Å². The summed E-state index contributed by atoms with van der Waals surface area (Å²) in [5.74, 6) is -0.727. The minimum absolute atomic E-state index is 0.227. The summed E-state index contributed by atoms with van der Waals surface area (Å²) < 4.78 is 1.71. The molecular formula is C25H28N2O3. The van der Waals surface area contributed by atoms with E-state index < -0.39 is 5.97 Å². The van der Waals surface area contributed by atoms with Gasteiger partial charge in [-0.25, -0.2) is 4.79 Å². The number of aliphatic carboxylic acids is 1. The highest BCUT2D eigenvalue weighted by atomic mass is 16.4. The number of benzene rings is 2. The zero-order valence-electron chi connectivity index (χ0n) is 17.2. The van der Waals surface area contributed by atoms with Gasteiger partial charge in [-0.3, -0.25) is 9.36 Å². The Kier molecular flexibility index (Phi) is 7.95. The van der Waals surface area contributed by atoms with Gasteiger partial charge in [-0.05, 0) is 18.4 Å². The summed E-state index contributed by atoms with van der Waals surface area (Å²) in [6, 6.07) is 19.8. The van der Waals surface area contributed by atoms with Gasteiger partial charge in [0.15, 0.2) is 0 Å². The van der Waals surface area contributed by atoms with Gasteiger partial charge in [-0.2, -0.15) is 4.98 Å². The number of rotatable bonds is 11. The number of carboxylic acid groups (broad SMARTS) is 1. The number of hydrogen-bond donors (Lipinski definition) is 1. The van der Waals surface area contributed by atoms with Gasteiger partial charge in [-0.1, -0.05) is 86.3 Å². The molecule has 0 unspecified atom stereocenters. The van der Waals surface area contributed by atoms with Gasteiger partial charge in [-0.15, -0.1) is 0 Å². The van der Waals surface area contributed by atoms with Gasteiger partial charge in [0.25, 0.3) is 0 Å². The van der Waals surface area contributed by atoms with Crippen LogP contribution in [0, 0.1) is 0 Å². The minimum atomic E-state index is -0.727. The maximum atomic E-state index is 12.7. The molecule has 0 bridgehead atoms. The molecule has 30 heavy (non-hydrogen) atoms. The molecule has 0 aliphatic heterocycles. The third-order valence-corrected chi connectivity index (χ3v) is 5.16. The largest absolute Gasteiger partial charge is 0.481 e. The molecule has 0 aliphatic carbocycles. The first-order valence-electron chi connectivity index (χ1n) is 10.6. The lowest BCUT2D eigenvalue weighted by Crippen LogP contribution is -2.23. The van der Waals surface area contributed by atoms with E-state index in [2.05, 4.69) is 4.98 Å². The molecule has 0 aliphatic rings. The molecule has 0 atom stereocenters. The van der Waals surface area contributed by atoms with Crippen LogP contribution in [0.5, 0.6) is 0 Å². The summed E-state index contributed by atoms with van der Waals surface area (Å²) in [7, 11) is 0. The van der Waals surface area contributed by atoms with E-state index in [1.54, 1.807) is 4.57 Å². The van der Waals surface area contributed by atoms with E-state index in [1.165, 1.54) is 0 Å². The second-order valence-corrected chi connectivity index (χ2v) is 7.48. The first kappa shape index (κ1) is 21.5. The van der Waals surface area contributed by atoms with Crippen molar-refractivity contribution >= 4 is 5.97 Å². The normalized spacial score (nSPS) is 10.8. The van der Waals surface area contributed by atoms with Gasteiger partial charge in [0.05, 0.1) is 5.69 Å². The lowest BCUT2D eigenvalue weighted by atomic mass is 10.0. The molecule has 0 saturated heterocycles. The van der Waals surface area contributed by atoms with E-state index in [4.69, 9.17) is 5.11 Å². The summed E-state index contributed by atoms with van der Waals surface area (Å²) in [4.78, 5) is 27.6. The van der Waals surface area contributed by atoms with Crippen LogP contribution in [0.4, 0.5) is 0 Å². The molecule has 156 valence electrons. The Bertz CT molecular complexity index is 998. The first-order chi connectivity index (χ1) is 14.6. The van der Waals surface area contributed by atoms with Gasteiger partial charge in [0, 0.05) is 30.3 Å². The maximum absolute atomic E-state index is 12.7. The van der Waals surface area contributed by atoms with Crippen molar-refractivity contribution in [2.75, 3.05) is 0 Å². The zero-order valence-corrected chi connectivity index (χ0v) is 17.2. The number of aryl methyl sites for hydroxylation is 1. The second kappa shape index (κ2) is 11.1. The zero-order chi connectivity index (χ0) is 21.2. The molecule has 0 amide bonds. The maximum Gasteiger partial charge on any atom is 0.348 e. The van der Waals surface area contributed by atoms with Crippen molar-refractivity contribution in [3.05, 3.63) is 77.3 Å². The molecular weight excluding hydrogens is 376 g/mol. The lowest BCUT2D eigenvalue weighted by molar-refractivity contribution is -0.137.